The number of rotatable bonds is 7. The molecule has 36 heavy (non-hydrogen) atoms. The van der Waals surface area contributed by atoms with E-state index in [0.717, 1.165) is 5.56 Å². The van der Waals surface area contributed by atoms with Gasteiger partial charge in [-0.15, -0.1) is 0 Å². The minimum absolute atomic E-state index is 0.112. The van der Waals surface area contributed by atoms with Crippen LogP contribution in [0.3, 0.4) is 0 Å². The Morgan fingerprint density at radius 1 is 1.00 bits per heavy atom. The molecule has 1 aromatic heterocycles. The lowest BCUT2D eigenvalue weighted by atomic mass is 10.0. The Kier molecular flexibility index (Phi) is 7.26. The minimum atomic E-state index is -1.10. The van der Waals surface area contributed by atoms with Crippen molar-refractivity contribution in [3.8, 4) is 5.75 Å². The fourth-order valence-corrected chi connectivity index (χ4v) is 4.19. The maximum absolute atomic E-state index is 13.4. The van der Waals surface area contributed by atoms with Gasteiger partial charge in [-0.3, -0.25) is 9.59 Å². The zero-order valence-corrected chi connectivity index (χ0v) is 20.1. The van der Waals surface area contributed by atoms with Crippen LogP contribution < -0.4 is 16.2 Å². The number of pyridine rings is 1. The summed E-state index contributed by atoms with van der Waals surface area (Å²) in [5, 5.41) is 26.1. The molecular formula is C27H24ClN3O5. The molecule has 4 rings (SSSR count). The molecule has 0 aliphatic heterocycles. The van der Waals surface area contributed by atoms with Crippen molar-refractivity contribution in [2.24, 2.45) is 0 Å². The number of benzene rings is 3. The molecular weight excluding hydrogens is 482 g/mol. The summed E-state index contributed by atoms with van der Waals surface area (Å²) in [5.41, 5.74) is 1.78. The Morgan fingerprint density at radius 3 is 2.36 bits per heavy atom. The minimum Gasteiger partial charge on any atom is -0.505 e. The van der Waals surface area contributed by atoms with E-state index in [4.69, 9.17) is 11.6 Å². The van der Waals surface area contributed by atoms with Crippen LogP contribution in [0.2, 0.25) is 5.02 Å². The summed E-state index contributed by atoms with van der Waals surface area (Å²) < 4.78 is 1.42. The zero-order chi connectivity index (χ0) is 25.8. The number of aromatic nitrogens is 1. The lowest BCUT2D eigenvalue weighted by Gasteiger charge is -2.20. The summed E-state index contributed by atoms with van der Waals surface area (Å²) >= 11 is 6.31. The fourth-order valence-electron chi connectivity index (χ4n) is 3.99. The Hall–Kier alpha value is -4.30. The third kappa shape index (κ3) is 5.34. The Balaban J connectivity index is 1.70. The number of urea groups is 1. The topological polar surface area (TPSA) is 121 Å². The van der Waals surface area contributed by atoms with E-state index in [1.54, 1.807) is 60.7 Å². The average Bonchev–Trinajstić information content (AvgIpc) is 2.85. The third-order valence-electron chi connectivity index (χ3n) is 5.83. The number of hydrogen-bond acceptors (Lipinski definition) is 4. The summed E-state index contributed by atoms with van der Waals surface area (Å²) in [6.45, 7) is 2.01. The van der Waals surface area contributed by atoms with Crippen molar-refractivity contribution in [3.05, 3.63) is 105 Å². The maximum atomic E-state index is 13.4. The Morgan fingerprint density at radius 2 is 1.67 bits per heavy atom. The summed E-state index contributed by atoms with van der Waals surface area (Å²) in [4.78, 5) is 37.8. The maximum Gasteiger partial charge on any atom is 0.319 e. The highest BCUT2D eigenvalue weighted by Crippen LogP contribution is 2.30. The summed E-state index contributed by atoms with van der Waals surface area (Å²) in [7, 11) is 0. The van der Waals surface area contributed by atoms with Crippen molar-refractivity contribution < 1.29 is 19.8 Å². The highest BCUT2D eigenvalue weighted by Gasteiger charge is 2.22. The van der Waals surface area contributed by atoms with Crippen LogP contribution in [0.1, 0.15) is 29.2 Å². The number of hydrogen-bond donors (Lipinski definition) is 4. The van der Waals surface area contributed by atoms with Crippen LogP contribution in [-0.4, -0.2) is 26.8 Å². The molecule has 0 aliphatic carbocycles. The normalized spacial score (nSPS) is 11.7. The number of aliphatic carboxylic acids is 1. The zero-order valence-electron chi connectivity index (χ0n) is 19.4. The average molecular weight is 506 g/mol. The molecule has 184 valence electrons. The number of nitrogens with zero attached hydrogens (tertiary/aromatic N) is 1. The molecule has 4 N–H and O–H groups in total. The van der Waals surface area contributed by atoms with E-state index in [1.165, 1.54) is 4.57 Å². The molecule has 0 bridgehead atoms. The number of aromatic hydroxyl groups is 1. The molecule has 1 heterocycles. The molecule has 0 saturated carbocycles. The van der Waals surface area contributed by atoms with Crippen LogP contribution in [0, 0.1) is 6.92 Å². The summed E-state index contributed by atoms with van der Waals surface area (Å²) in [6.07, 6.45) is -0.364. The van der Waals surface area contributed by atoms with Crippen LogP contribution in [0.15, 0.2) is 77.6 Å². The van der Waals surface area contributed by atoms with Crippen molar-refractivity contribution in [1.29, 1.82) is 0 Å². The van der Waals surface area contributed by atoms with E-state index in [1.807, 2.05) is 19.1 Å². The van der Waals surface area contributed by atoms with Gasteiger partial charge in [0.2, 0.25) is 0 Å². The summed E-state index contributed by atoms with van der Waals surface area (Å²) in [6, 6.07) is 19.3. The summed E-state index contributed by atoms with van der Waals surface area (Å²) in [5.74, 6) is -1.48. The van der Waals surface area contributed by atoms with Gasteiger partial charge in [0.15, 0.2) is 11.4 Å². The predicted octanol–water partition coefficient (Wildman–Crippen LogP) is 5.05. The van der Waals surface area contributed by atoms with E-state index < -0.39 is 23.6 Å². The van der Waals surface area contributed by atoms with Crippen LogP contribution in [0.25, 0.3) is 10.9 Å². The first-order chi connectivity index (χ1) is 17.2. The van der Waals surface area contributed by atoms with Crippen molar-refractivity contribution in [3.63, 3.8) is 0 Å². The molecule has 0 radical (unpaired) electrons. The number of carboxylic acid groups (broad SMARTS) is 1. The van der Waals surface area contributed by atoms with Gasteiger partial charge in [0, 0.05) is 10.4 Å². The van der Waals surface area contributed by atoms with Crippen molar-refractivity contribution in [1.82, 2.24) is 9.88 Å². The quantitative estimate of drug-likeness (QED) is 0.280. The molecule has 0 saturated heterocycles. The molecule has 2 amide bonds. The molecule has 0 unspecified atom stereocenters. The SMILES string of the molecule is Cc1ccc([C@H](CC(=O)O)NC(=O)Nc2c(O)c3ccccc3n(Cc3ccccc3Cl)c2=O)cc1. The molecule has 9 heteroatoms. The Labute approximate surface area is 211 Å². The van der Waals surface area contributed by atoms with Gasteiger partial charge >= 0.3 is 12.0 Å². The van der Waals surface area contributed by atoms with Gasteiger partial charge in [-0.05, 0) is 36.2 Å². The van der Waals surface area contributed by atoms with Gasteiger partial charge in [0.05, 0.1) is 24.5 Å². The van der Waals surface area contributed by atoms with Crippen molar-refractivity contribution >= 4 is 40.2 Å². The van der Waals surface area contributed by atoms with Crippen LogP contribution in [-0.2, 0) is 11.3 Å². The predicted molar refractivity (Wildman–Crippen MR) is 139 cm³/mol. The van der Waals surface area contributed by atoms with Gasteiger partial charge in [-0.1, -0.05) is 71.8 Å². The third-order valence-corrected chi connectivity index (χ3v) is 6.20. The van der Waals surface area contributed by atoms with Gasteiger partial charge in [0.1, 0.15) is 0 Å². The molecule has 4 aromatic rings. The number of fused-ring (bicyclic) bond motifs is 1. The van der Waals surface area contributed by atoms with Crippen LogP contribution in [0.4, 0.5) is 10.5 Å². The number of carbonyl (C=O) groups is 2. The van der Waals surface area contributed by atoms with Crippen LogP contribution in [0.5, 0.6) is 5.75 Å². The smallest absolute Gasteiger partial charge is 0.319 e. The van der Waals surface area contributed by atoms with E-state index >= 15 is 0 Å². The van der Waals surface area contributed by atoms with Gasteiger partial charge in [0.25, 0.3) is 5.56 Å². The second kappa shape index (κ2) is 10.5. The van der Waals surface area contributed by atoms with E-state index in [-0.39, 0.29) is 24.4 Å². The van der Waals surface area contributed by atoms with E-state index in [0.29, 0.717) is 27.1 Å². The second-order valence-electron chi connectivity index (χ2n) is 8.38. The first-order valence-electron chi connectivity index (χ1n) is 11.2. The van der Waals surface area contributed by atoms with E-state index in [2.05, 4.69) is 10.6 Å². The largest absolute Gasteiger partial charge is 0.505 e. The molecule has 0 aliphatic rings. The van der Waals surface area contributed by atoms with E-state index in [9.17, 15) is 24.6 Å². The van der Waals surface area contributed by atoms with Crippen molar-refractivity contribution in [2.45, 2.75) is 25.9 Å². The monoisotopic (exact) mass is 505 g/mol. The fraction of sp³-hybridized carbons (Fsp3) is 0.148. The number of halogens is 1. The number of aryl methyl sites for hydroxylation is 1. The number of amides is 2. The number of para-hydroxylation sites is 1. The molecule has 0 fully saturated rings. The standard InChI is InChI=1S/C27H24ClN3O5/c1-16-10-12-17(13-11-16)21(14-23(32)33)29-27(36)30-24-25(34)19-7-3-5-9-22(19)31(26(24)35)15-18-6-2-4-8-20(18)28/h2-13,21,34H,14-15H2,1H3,(H,32,33)(H2,29,30,36)/t21-/m0/s1. The number of nitrogens with one attached hydrogen (secondary N) is 2. The number of carbonyl (C=O) groups excluding carboxylic acids is 1. The number of anilines is 1. The lowest BCUT2D eigenvalue weighted by Crippen LogP contribution is -2.36. The molecule has 0 spiro atoms. The van der Waals surface area contributed by atoms with Gasteiger partial charge in [-0.2, -0.15) is 0 Å². The molecule has 1 atom stereocenters. The first kappa shape index (κ1) is 24.8. The van der Waals surface area contributed by atoms with Gasteiger partial charge < -0.3 is 25.4 Å². The van der Waals surface area contributed by atoms with Crippen LogP contribution >= 0.6 is 11.6 Å². The molecule has 3 aromatic carbocycles. The van der Waals surface area contributed by atoms with Crippen molar-refractivity contribution in [2.75, 3.05) is 5.32 Å². The molecule has 8 nitrogen and oxygen atoms in total. The Bertz CT molecular complexity index is 1500. The number of carboxylic acids is 1. The first-order valence-corrected chi connectivity index (χ1v) is 11.6. The highest BCUT2D eigenvalue weighted by molar-refractivity contribution is 6.31. The van der Waals surface area contributed by atoms with Gasteiger partial charge in [-0.25, -0.2) is 4.79 Å². The highest BCUT2D eigenvalue weighted by atomic mass is 35.5. The second-order valence-corrected chi connectivity index (χ2v) is 8.79. The lowest BCUT2D eigenvalue weighted by molar-refractivity contribution is -0.137.